The Hall–Kier alpha value is -3.84. The summed E-state index contributed by atoms with van der Waals surface area (Å²) in [6, 6.07) is 10.6. The molecule has 0 bridgehead atoms. The van der Waals surface area contributed by atoms with Gasteiger partial charge in [0.25, 0.3) is 5.91 Å². The van der Waals surface area contributed by atoms with Gasteiger partial charge < -0.3 is 15.2 Å². The molecule has 2 aliphatic heterocycles. The first-order valence-corrected chi connectivity index (χ1v) is 12.0. The Bertz CT molecular complexity index is 1520. The van der Waals surface area contributed by atoms with Crippen molar-refractivity contribution in [3.63, 3.8) is 0 Å². The number of fused-ring (bicyclic) bond motifs is 5. The van der Waals surface area contributed by atoms with Crippen LogP contribution in [0.15, 0.2) is 55.0 Å². The van der Waals surface area contributed by atoms with Gasteiger partial charge in [-0.3, -0.25) is 14.8 Å². The third-order valence-corrected chi connectivity index (χ3v) is 7.75. The van der Waals surface area contributed by atoms with Gasteiger partial charge >= 0.3 is 0 Å². The van der Waals surface area contributed by atoms with Crippen molar-refractivity contribution in [2.45, 2.75) is 24.8 Å². The molecule has 7 rings (SSSR count). The van der Waals surface area contributed by atoms with Crippen molar-refractivity contribution in [1.82, 2.24) is 25.2 Å². The quantitative estimate of drug-likeness (QED) is 0.474. The van der Waals surface area contributed by atoms with E-state index in [0.29, 0.717) is 0 Å². The van der Waals surface area contributed by atoms with E-state index < -0.39 is 0 Å². The van der Waals surface area contributed by atoms with Crippen LogP contribution in [-0.4, -0.2) is 39.1 Å². The summed E-state index contributed by atoms with van der Waals surface area (Å²) < 4.78 is 15.6. The number of nitrogens with one attached hydrogen (secondary N) is 2. The number of hydrogen-bond acceptors (Lipinski definition) is 4. The van der Waals surface area contributed by atoms with Crippen molar-refractivity contribution in [3.05, 3.63) is 83.2 Å². The van der Waals surface area contributed by atoms with Crippen LogP contribution in [0, 0.1) is 5.82 Å². The normalized spacial score (nSPS) is 17.3. The average Bonchev–Trinajstić information content (AvgIpc) is 3.15. The Morgan fingerprint density at radius 1 is 1.00 bits per heavy atom. The van der Waals surface area contributed by atoms with Crippen molar-refractivity contribution in [2.24, 2.45) is 7.05 Å². The SMILES string of the molecule is Cn1c2c(c3c1-c1cc(-c4cncc(-c5ccc(F)cc5)c4)ncc1CC3)C(=O)NC1(CNC1)C2. The lowest BCUT2D eigenvalue weighted by Crippen LogP contribution is -2.71. The largest absolute Gasteiger partial charge is 0.347 e. The summed E-state index contributed by atoms with van der Waals surface area (Å²) >= 11 is 0. The van der Waals surface area contributed by atoms with Gasteiger partial charge in [-0.15, -0.1) is 0 Å². The summed E-state index contributed by atoms with van der Waals surface area (Å²) in [4.78, 5) is 22.4. The minimum absolute atomic E-state index is 0.0542. The summed E-state index contributed by atoms with van der Waals surface area (Å²) in [7, 11) is 2.09. The highest BCUT2D eigenvalue weighted by molar-refractivity contribution is 6.01. The average molecular weight is 466 g/mol. The summed E-state index contributed by atoms with van der Waals surface area (Å²) in [6.45, 7) is 1.63. The highest BCUT2D eigenvalue weighted by Crippen LogP contribution is 2.42. The van der Waals surface area contributed by atoms with Gasteiger partial charge in [0.05, 0.1) is 22.5 Å². The Labute approximate surface area is 202 Å². The zero-order chi connectivity index (χ0) is 23.7. The fourth-order valence-electron chi connectivity index (χ4n) is 5.87. The molecule has 1 saturated heterocycles. The molecule has 7 heteroatoms. The first-order chi connectivity index (χ1) is 17.0. The highest BCUT2D eigenvalue weighted by Gasteiger charge is 2.46. The molecular weight excluding hydrogens is 441 g/mol. The molecule has 3 aliphatic rings. The van der Waals surface area contributed by atoms with E-state index >= 15 is 0 Å². The van der Waals surface area contributed by atoms with Crippen LogP contribution in [0.3, 0.4) is 0 Å². The van der Waals surface area contributed by atoms with Gasteiger partial charge in [0, 0.05) is 67.5 Å². The molecule has 2 N–H and O–H groups in total. The van der Waals surface area contributed by atoms with E-state index in [4.69, 9.17) is 4.98 Å². The number of pyridine rings is 2. The minimum atomic E-state index is -0.261. The fourth-order valence-corrected chi connectivity index (χ4v) is 5.87. The number of aromatic nitrogens is 3. The lowest BCUT2D eigenvalue weighted by molar-refractivity contribution is 0.0824. The molecule has 0 atom stereocenters. The fraction of sp³-hybridized carbons (Fsp3) is 0.250. The number of nitrogens with zero attached hydrogens (tertiary/aromatic N) is 3. The van der Waals surface area contributed by atoms with Crippen LogP contribution in [0.25, 0.3) is 33.6 Å². The maximum absolute atomic E-state index is 13.4. The topological polar surface area (TPSA) is 71.8 Å². The van der Waals surface area contributed by atoms with Crippen LogP contribution in [0.1, 0.15) is 27.2 Å². The molecule has 0 unspecified atom stereocenters. The molecule has 4 aromatic rings. The Morgan fingerprint density at radius 2 is 1.80 bits per heavy atom. The van der Waals surface area contributed by atoms with Crippen molar-refractivity contribution in [1.29, 1.82) is 0 Å². The van der Waals surface area contributed by atoms with Gasteiger partial charge in [0.1, 0.15) is 5.82 Å². The van der Waals surface area contributed by atoms with Gasteiger partial charge in [-0.25, -0.2) is 4.39 Å². The van der Waals surface area contributed by atoms with Crippen LogP contribution < -0.4 is 10.6 Å². The van der Waals surface area contributed by atoms with Crippen molar-refractivity contribution >= 4 is 5.91 Å². The monoisotopic (exact) mass is 465 g/mol. The first kappa shape index (κ1) is 20.5. The van der Waals surface area contributed by atoms with Gasteiger partial charge in [0.15, 0.2) is 0 Å². The maximum Gasteiger partial charge on any atom is 0.253 e. The van der Waals surface area contributed by atoms with E-state index in [0.717, 1.165) is 82.8 Å². The van der Waals surface area contributed by atoms with E-state index in [-0.39, 0.29) is 17.3 Å². The molecule has 1 aliphatic carbocycles. The molecular formula is C28H24FN5O. The maximum atomic E-state index is 13.4. The van der Waals surface area contributed by atoms with E-state index in [1.54, 1.807) is 18.3 Å². The number of halogens is 1. The Balaban J connectivity index is 1.33. The van der Waals surface area contributed by atoms with Gasteiger partial charge in [-0.2, -0.15) is 0 Å². The van der Waals surface area contributed by atoms with Gasteiger partial charge in [-0.05, 0) is 53.8 Å². The number of carbonyl (C=O) groups is 1. The molecule has 3 aromatic heterocycles. The predicted molar refractivity (Wildman–Crippen MR) is 131 cm³/mol. The third-order valence-electron chi connectivity index (χ3n) is 7.75. The zero-order valence-electron chi connectivity index (χ0n) is 19.4. The predicted octanol–water partition coefficient (Wildman–Crippen LogP) is 3.68. The summed E-state index contributed by atoms with van der Waals surface area (Å²) in [5.74, 6) is -0.206. The van der Waals surface area contributed by atoms with Crippen LogP contribution in [-0.2, 0) is 26.3 Å². The summed E-state index contributed by atoms with van der Waals surface area (Å²) in [6.07, 6.45) is 8.10. The molecule has 1 aromatic carbocycles. The number of benzene rings is 1. The number of aryl methyl sites for hydroxylation is 1. The molecule has 5 heterocycles. The Morgan fingerprint density at radius 3 is 2.57 bits per heavy atom. The molecule has 0 saturated carbocycles. The van der Waals surface area contributed by atoms with E-state index in [1.165, 1.54) is 17.7 Å². The minimum Gasteiger partial charge on any atom is -0.347 e. The van der Waals surface area contributed by atoms with Crippen molar-refractivity contribution < 1.29 is 9.18 Å². The molecule has 6 nitrogen and oxygen atoms in total. The molecule has 0 radical (unpaired) electrons. The zero-order valence-corrected chi connectivity index (χ0v) is 19.4. The molecule has 1 fully saturated rings. The Kier molecular flexibility index (Phi) is 4.30. The number of hydrogen-bond donors (Lipinski definition) is 2. The first-order valence-electron chi connectivity index (χ1n) is 12.0. The van der Waals surface area contributed by atoms with Crippen LogP contribution in [0.4, 0.5) is 4.39 Å². The highest BCUT2D eigenvalue weighted by atomic mass is 19.1. The van der Waals surface area contributed by atoms with Crippen LogP contribution in [0.2, 0.25) is 0 Å². The number of amides is 1. The second-order valence-corrected chi connectivity index (χ2v) is 9.92. The number of rotatable bonds is 2. The van der Waals surface area contributed by atoms with E-state index in [2.05, 4.69) is 33.3 Å². The standard InChI is InChI=1S/C28H24FN5O/c1-34-24-10-28(14-31-15-28)33-27(35)25(24)21-7-4-17-13-32-23(9-22(17)26(21)34)19-8-18(11-30-12-19)16-2-5-20(29)6-3-16/h2-3,5-6,8-9,11-13,31H,4,7,10,14-15H2,1H3,(H,33,35). The van der Waals surface area contributed by atoms with Gasteiger partial charge in [0.2, 0.25) is 0 Å². The summed E-state index contributed by atoms with van der Waals surface area (Å²) in [5.41, 5.74) is 9.99. The number of carbonyl (C=O) groups excluding carboxylic acids is 1. The van der Waals surface area contributed by atoms with Crippen LogP contribution >= 0.6 is 0 Å². The lowest BCUT2D eigenvalue weighted by atomic mass is 9.81. The second kappa shape index (κ2) is 7.33. The van der Waals surface area contributed by atoms with Gasteiger partial charge in [-0.1, -0.05) is 12.1 Å². The smallest absolute Gasteiger partial charge is 0.253 e. The molecule has 1 amide bonds. The van der Waals surface area contributed by atoms with E-state index in [9.17, 15) is 9.18 Å². The van der Waals surface area contributed by atoms with E-state index in [1.807, 2.05) is 18.5 Å². The summed E-state index contributed by atoms with van der Waals surface area (Å²) in [5, 5.41) is 6.58. The molecule has 35 heavy (non-hydrogen) atoms. The van der Waals surface area contributed by atoms with Crippen molar-refractivity contribution in [3.8, 4) is 33.6 Å². The molecule has 1 spiro atoms. The second-order valence-electron chi connectivity index (χ2n) is 9.92. The lowest BCUT2D eigenvalue weighted by Gasteiger charge is -2.45. The molecule has 174 valence electrons. The third kappa shape index (κ3) is 3.08. The van der Waals surface area contributed by atoms with Crippen LogP contribution in [0.5, 0.6) is 0 Å². The van der Waals surface area contributed by atoms with Crippen molar-refractivity contribution in [2.75, 3.05) is 13.1 Å².